The lowest BCUT2D eigenvalue weighted by Gasteiger charge is -2.20. The van der Waals surface area contributed by atoms with Crippen molar-refractivity contribution in [3.63, 3.8) is 0 Å². The van der Waals surface area contributed by atoms with Crippen molar-refractivity contribution in [2.24, 2.45) is 23.7 Å². The van der Waals surface area contributed by atoms with Gasteiger partial charge in [0, 0.05) is 0 Å². The van der Waals surface area contributed by atoms with Crippen LogP contribution >= 0.6 is 0 Å². The topological polar surface area (TPSA) is 0 Å². The van der Waals surface area contributed by atoms with Crippen LogP contribution in [0.1, 0.15) is 60.8 Å². The summed E-state index contributed by atoms with van der Waals surface area (Å²) in [7, 11) is 0. The highest BCUT2D eigenvalue weighted by Crippen LogP contribution is 2.24. The van der Waals surface area contributed by atoms with Crippen molar-refractivity contribution in [3.05, 3.63) is 12.2 Å². The molecule has 0 rings (SSSR count). The molecule has 0 bridgehead atoms. The van der Waals surface area contributed by atoms with Crippen LogP contribution in [0.3, 0.4) is 0 Å². The van der Waals surface area contributed by atoms with Crippen molar-refractivity contribution in [2.45, 2.75) is 60.8 Å². The second-order valence-electron chi connectivity index (χ2n) is 5.64. The molecule has 0 aromatic carbocycles. The summed E-state index contributed by atoms with van der Waals surface area (Å²) in [6, 6.07) is 0. The largest absolute Gasteiger partial charge is 0.0914 e. The predicted molar refractivity (Wildman–Crippen MR) is 71.0 cm³/mol. The molecule has 15 heavy (non-hydrogen) atoms. The summed E-state index contributed by atoms with van der Waals surface area (Å²) in [5, 5.41) is 0. The quantitative estimate of drug-likeness (QED) is 0.500. The molecule has 0 heterocycles. The third-order valence-electron chi connectivity index (χ3n) is 3.55. The monoisotopic (exact) mass is 210 g/mol. The zero-order valence-electron chi connectivity index (χ0n) is 11.6. The van der Waals surface area contributed by atoms with Crippen molar-refractivity contribution < 1.29 is 0 Å². The van der Waals surface area contributed by atoms with E-state index in [4.69, 9.17) is 0 Å². The van der Waals surface area contributed by atoms with Crippen LogP contribution in [-0.2, 0) is 0 Å². The van der Waals surface area contributed by atoms with E-state index >= 15 is 0 Å². The van der Waals surface area contributed by atoms with E-state index in [1.54, 1.807) is 0 Å². The van der Waals surface area contributed by atoms with Gasteiger partial charge in [0.25, 0.3) is 0 Å². The lowest BCUT2D eigenvalue weighted by Crippen LogP contribution is -2.09. The van der Waals surface area contributed by atoms with Crippen LogP contribution in [0.4, 0.5) is 0 Å². The van der Waals surface area contributed by atoms with Crippen LogP contribution in [0.2, 0.25) is 0 Å². The van der Waals surface area contributed by atoms with Gasteiger partial charge in [-0.05, 0) is 43.4 Å². The number of allylic oxidation sites excluding steroid dienone is 2. The highest BCUT2D eigenvalue weighted by atomic mass is 14.2. The van der Waals surface area contributed by atoms with Gasteiger partial charge in [-0.15, -0.1) is 0 Å². The molecule has 0 saturated heterocycles. The minimum absolute atomic E-state index is 0.756. The summed E-state index contributed by atoms with van der Waals surface area (Å²) in [4.78, 5) is 0. The molecule has 0 N–H and O–H groups in total. The highest BCUT2D eigenvalue weighted by molar-refractivity contribution is 4.83. The summed E-state index contributed by atoms with van der Waals surface area (Å²) < 4.78 is 0. The van der Waals surface area contributed by atoms with E-state index in [0.29, 0.717) is 0 Å². The second-order valence-corrected chi connectivity index (χ2v) is 5.64. The maximum atomic E-state index is 2.40. The van der Waals surface area contributed by atoms with Crippen LogP contribution in [-0.4, -0.2) is 0 Å². The van der Waals surface area contributed by atoms with Gasteiger partial charge in [0.05, 0.1) is 0 Å². The van der Waals surface area contributed by atoms with Crippen LogP contribution in [0.15, 0.2) is 12.2 Å². The lowest BCUT2D eigenvalue weighted by molar-refractivity contribution is 0.312. The molecule has 0 aromatic rings. The van der Waals surface area contributed by atoms with E-state index in [0.717, 1.165) is 23.7 Å². The molecule has 0 radical (unpaired) electrons. The van der Waals surface area contributed by atoms with Gasteiger partial charge in [-0.2, -0.15) is 0 Å². The molecule has 0 aliphatic carbocycles. The van der Waals surface area contributed by atoms with E-state index in [1.165, 1.54) is 19.3 Å². The molecule has 3 atom stereocenters. The molecule has 90 valence electrons. The zero-order chi connectivity index (χ0) is 11.8. The van der Waals surface area contributed by atoms with Gasteiger partial charge in [0.15, 0.2) is 0 Å². The van der Waals surface area contributed by atoms with Crippen LogP contribution in [0.5, 0.6) is 0 Å². The van der Waals surface area contributed by atoms with E-state index < -0.39 is 0 Å². The Balaban J connectivity index is 3.70. The van der Waals surface area contributed by atoms with E-state index in [9.17, 15) is 0 Å². The van der Waals surface area contributed by atoms with Crippen LogP contribution < -0.4 is 0 Å². The first-order valence-corrected chi connectivity index (χ1v) is 6.60. The minimum Gasteiger partial charge on any atom is -0.0914 e. The average molecular weight is 210 g/mol. The summed E-state index contributed by atoms with van der Waals surface area (Å²) in [6.07, 6.45) is 8.60. The van der Waals surface area contributed by atoms with E-state index in [-0.39, 0.29) is 0 Å². The van der Waals surface area contributed by atoms with Crippen molar-refractivity contribution in [1.29, 1.82) is 0 Å². The maximum absolute atomic E-state index is 2.40. The fourth-order valence-corrected chi connectivity index (χ4v) is 2.00. The Kier molecular flexibility index (Phi) is 7.82. The first kappa shape index (κ1) is 14.7. The molecule has 0 fully saturated rings. The standard InChI is InChI=1S/C15H30/c1-7-8-13(4)9-10-14(5)11-15(6)12(2)3/h7-8,12-15H,9-11H2,1-6H3. The zero-order valence-corrected chi connectivity index (χ0v) is 11.6. The summed E-state index contributed by atoms with van der Waals surface area (Å²) in [6.45, 7) is 13.9. The van der Waals surface area contributed by atoms with Crippen molar-refractivity contribution in [2.75, 3.05) is 0 Å². The lowest BCUT2D eigenvalue weighted by atomic mass is 9.85. The molecule has 0 amide bonds. The predicted octanol–water partition coefficient (Wildman–Crippen LogP) is 5.30. The smallest absolute Gasteiger partial charge is 0.0262 e. The third kappa shape index (κ3) is 7.64. The molecule has 0 aromatic heterocycles. The molecule has 3 unspecified atom stereocenters. The Hall–Kier alpha value is -0.260. The number of hydrogen-bond donors (Lipinski definition) is 0. The molecule has 0 saturated carbocycles. The summed E-state index contributed by atoms with van der Waals surface area (Å²) >= 11 is 0. The Labute approximate surface area is 97.2 Å². The summed E-state index contributed by atoms with van der Waals surface area (Å²) in [5.41, 5.74) is 0. The molecule has 0 aliphatic rings. The number of hydrogen-bond acceptors (Lipinski definition) is 0. The fraction of sp³-hybridized carbons (Fsp3) is 0.867. The fourth-order valence-electron chi connectivity index (χ4n) is 2.00. The van der Waals surface area contributed by atoms with Crippen molar-refractivity contribution in [3.8, 4) is 0 Å². The van der Waals surface area contributed by atoms with Gasteiger partial charge < -0.3 is 0 Å². The van der Waals surface area contributed by atoms with E-state index in [1.807, 2.05) is 0 Å². The van der Waals surface area contributed by atoms with Gasteiger partial charge in [0.1, 0.15) is 0 Å². The Morgan fingerprint density at radius 2 is 1.53 bits per heavy atom. The molecule has 0 heteroatoms. The minimum atomic E-state index is 0.756. The van der Waals surface area contributed by atoms with Gasteiger partial charge >= 0.3 is 0 Å². The molecule has 0 aliphatic heterocycles. The van der Waals surface area contributed by atoms with Gasteiger partial charge in [-0.3, -0.25) is 0 Å². The Morgan fingerprint density at radius 3 is 2.00 bits per heavy atom. The average Bonchev–Trinajstić information content (AvgIpc) is 2.15. The Bertz CT molecular complexity index is 167. The van der Waals surface area contributed by atoms with Crippen LogP contribution in [0.25, 0.3) is 0 Å². The van der Waals surface area contributed by atoms with Crippen molar-refractivity contribution in [1.82, 2.24) is 0 Å². The Morgan fingerprint density at radius 1 is 0.933 bits per heavy atom. The van der Waals surface area contributed by atoms with Crippen molar-refractivity contribution >= 4 is 0 Å². The van der Waals surface area contributed by atoms with E-state index in [2.05, 4.69) is 53.7 Å². The molecular weight excluding hydrogens is 180 g/mol. The normalized spacial score (nSPS) is 18.3. The van der Waals surface area contributed by atoms with Crippen LogP contribution in [0, 0.1) is 23.7 Å². The first-order chi connectivity index (χ1) is 6.97. The maximum Gasteiger partial charge on any atom is -0.0262 e. The summed E-state index contributed by atoms with van der Waals surface area (Å²) in [5.74, 6) is 3.35. The number of rotatable bonds is 7. The first-order valence-electron chi connectivity index (χ1n) is 6.60. The molecule has 0 spiro atoms. The van der Waals surface area contributed by atoms with Gasteiger partial charge in [-0.1, -0.05) is 53.2 Å². The molecule has 0 nitrogen and oxygen atoms in total. The highest BCUT2D eigenvalue weighted by Gasteiger charge is 2.12. The van der Waals surface area contributed by atoms with Gasteiger partial charge in [-0.25, -0.2) is 0 Å². The SMILES string of the molecule is CC=CC(C)CCC(C)CC(C)C(C)C. The van der Waals surface area contributed by atoms with Gasteiger partial charge in [0.2, 0.25) is 0 Å². The molecular formula is C15H30. The third-order valence-corrected chi connectivity index (χ3v) is 3.55. The second kappa shape index (κ2) is 7.96.